The molecule has 3 aromatic rings. The Morgan fingerprint density at radius 3 is 2.39 bits per heavy atom. The highest BCUT2D eigenvalue weighted by molar-refractivity contribution is 5.90. The fraction of sp³-hybridized carbons (Fsp3) is 0.346. The van der Waals surface area contributed by atoms with Crippen LogP contribution < -0.4 is 10.1 Å². The van der Waals surface area contributed by atoms with Gasteiger partial charge in [-0.2, -0.15) is 0 Å². The number of amides is 2. The van der Waals surface area contributed by atoms with E-state index < -0.39 is 0 Å². The fourth-order valence-corrected chi connectivity index (χ4v) is 4.11. The van der Waals surface area contributed by atoms with Gasteiger partial charge >= 0.3 is 6.03 Å². The Kier molecular flexibility index (Phi) is 5.77. The van der Waals surface area contributed by atoms with Gasteiger partial charge in [-0.05, 0) is 59.9 Å². The Morgan fingerprint density at radius 1 is 1.03 bits per heavy atom. The number of rotatable bonds is 4. The average molecular weight is 418 g/mol. The van der Waals surface area contributed by atoms with Crippen LogP contribution in [0.2, 0.25) is 0 Å². The maximum atomic E-state index is 13.3. The van der Waals surface area contributed by atoms with Crippen LogP contribution in [0, 0.1) is 0 Å². The summed E-state index contributed by atoms with van der Waals surface area (Å²) in [6, 6.07) is 20.1. The Labute approximate surface area is 184 Å². The van der Waals surface area contributed by atoms with Crippen molar-refractivity contribution in [3.8, 4) is 5.75 Å². The minimum atomic E-state index is -0.125. The molecule has 5 nitrogen and oxygen atoms in total. The van der Waals surface area contributed by atoms with Crippen LogP contribution in [0.4, 0.5) is 10.5 Å². The summed E-state index contributed by atoms with van der Waals surface area (Å²) in [6.45, 7) is 10.6. The first kappa shape index (κ1) is 21.0. The minimum Gasteiger partial charge on any atom is -0.494 e. The number of anilines is 1. The third-order valence-corrected chi connectivity index (χ3v) is 5.81. The van der Waals surface area contributed by atoms with Crippen LogP contribution in [-0.4, -0.2) is 28.6 Å². The number of aromatic nitrogens is 1. The number of benzene rings is 2. The molecular weight excluding hydrogens is 386 g/mol. The highest BCUT2D eigenvalue weighted by atomic mass is 16.5. The molecule has 0 saturated carbocycles. The molecule has 1 atom stereocenters. The molecule has 31 heavy (non-hydrogen) atoms. The molecule has 2 amide bonds. The zero-order chi connectivity index (χ0) is 22.0. The summed E-state index contributed by atoms with van der Waals surface area (Å²) in [5.74, 6) is 0.799. The SMILES string of the molecule is CCOc1ccc(NC(=O)N2CCn3cccc3C2c2ccc(C(C)(C)C)cc2)cc1. The second-order valence-corrected chi connectivity index (χ2v) is 8.98. The summed E-state index contributed by atoms with van der Waals surface area (Å²) < 4.78 is 7.73. The van der Waals surface area contributed by atoms with Crippen molar-refractivity contribution >= 4 is 11.7 Å². The topological polar surface area (TPSA) is 46.5 Å². The van der Waals surface area contributed by atoms with Gasteiger partial charge in [0.2, 0.25) is 0 Å². The number of hydrogen-bond donors (Lipinski definition) is 1. The third kappa shape index (κ3) is 4.46. The number of urea groups is 1. The van der Waals surface area contributed by atoms with Gasteiger partial charge < -0.3 is 19.5 Å². The molecule has 0 bridgehead atoms. The van der Waals surface area contributed by atoms with E-state index in [1.165, 1.54) is 5.56 Å². The van der Waals surface area contributed by atoms with Crippen LogP contribution in [0.3, 0.4) is 0 Å². The molecular formula is C26H31N3O2. The maximum Gasteiger partial charge on any atom is 0.322 e. The van der Waals surface area contributed by atoms with Gasteiger partial charge in [-0.1, -0.05) is 45.0 Å². The molecule has 0 fully saturated rings. The van der Waals surface area contributed by atoms with Crippen molar-refractivity contribution in [2.24, 2.45) is 0 Å². The molecule has 1 aliphatic heterocycles. The van der Waals surface area contributed by atoms with Crippen LogP contribution in [0.25, 0.3) is 0 Å². The van der Waals surface area contributed by atoms with Gasteiger partial charge in [-0.25, -0.2) is 4.79 Å². The van der Waals surface area contributed by atoms with Crippen molar-refractivity contribution in [1.82, 2.24) is 9.47 Å². The Hall–Kier alpha value is -3.21. The molecule has 0 spiro atoms. The molecule has 0 aliphatic carbocycles. The first-order valence-electron chi connectivity index (χ1n) is 10.9. The van der Waals surface area contributed by atoms with Crippen LogP contribution in [-0.2, 0) is 12.0 Å². The van der Waals surface area contributed by atoms with Crippen molar-refractivity contribution < 1.29 is 9.53 Å². The van der Waals surface area contributed by atoms with Crippen molar-refractivity contribution in [3.63, 3.8) is 0 Å². The van der Waals surface area contributed by atoms with E-state index >= 15 is 0 Å². The lowest BCUT2D eigenvalue weighted by atomic mass is 9.86. The minimum absolute atomic E-state index is 0.0933. The normalized spacial score (nSPS) is 16.0. The number of nitrogens with zero attached hydrogens (tertiary/aromatic N) is 2. The highest BCUT2D eigenvalue weighted by Crippen LogP contribution is 2.34. The van der Waals surface area contributed by atoms with Crippen LogP contribution >= 0.6 is 0 Å². The smallest absolute Gasteiger partial charge is 0.322 e. The van der Waals surface area contributed by atoms with Crippen molar-refractivity contribution in [1.29, 1.82) is 0 Å². The summed E-state index contributed by atoms with van der Waals surface area (Å²) in [5, 5.41) is 3.06. The lowest BCUT2D eigenvalue weighted by Crippen LogP contribution is -2.44. The Morgan fingerprint density at radius 2 is 1.74 bits per heavy atom. The van der Waals surface area contributed by atoms with E-state index in [4.69, 9.17) is 4.74 Å². The first-order chi connectivity index (χ1) is 14.9. The summed E-state index contributed by atoms with van der Waals surface area (Å²) in [6.07, 6.45) is 2.09. The number of nitrogens with one attached hydrogen (secondary N) is 1. The molecule has 1 aliphatic rings. The van der Waals surface area contributed by atoms with E-state index in [0.29, 0.717) is 13.2 Å². The van der Waals surface area contributed by atoms with E-state index in [2.05, 4.69) is 73.3 Å². The second-order valence-electron chi connectivity index (χ2n) is 8.98. The van der Waals surface area contributed by atoms with Crippen molar-refractivity contribution in [3.05, 3.63) is 83.7 Å². The van der Waals surface area contributed by atoms with Crippen LogP contribution in [0.1, 0.15) is 50.6 Å². The summed E-state index contributed by atoms with van der Waals surface area (Å²) in [7, 11) is 0. The van der Waals surface area contributed by atoms with E-state index in [0.717, 1.165) is 29.2 Å². The Balaban J connectivity index is 1.60. The van der Waals surface area contributed by atoms with Gasteiger partial charge in [0.05, 0.1) is 12.6 Å². The lowest BCUT2D eigenvalue weighted by molar-refractivity contribution is 0.182. The van der Waals surface area contributed by atoms with Gasteiger partial charge in [0.1, 0.15) is 5.75 Å². The van der Waals surface area contributed by atoms with Crippen molar-refractivity contribution in [2.45, 2.75) is 45.7 Å². The predicted molar refractivity (Wildman–Crippen MR) is 125 cm³/mol. The van der Waals surface area contributed by atoms with E-state index in [1.54, 1.807) is 0 Å². The summed E-state index contributed by atoms with van der Waals surface area (Å²) >= 11 is 0. The molecule has 2 heterocycles. The van der Waals surface area contributed by atoms with E-state index in [9.17, 15) is 4.79 Å². The molecule has 0 radical (unpaired) electrons. The number of ether oxygens (including phenoxy) is 1. The largest absolute Gasteiger partial charge is 0.494 e. The number of carbonyl (C=O) groups excluding carboxylic acids is 1. The number of carbonyl (C=O) groups is 1. The Bertz CT molecular complexity index is 1030. The molecule has 4 rings (SSSR count). The van der Waals surface area contributed by atoms with Gasteiger partial charge in [0.15, 0.2) is 0 Å². The second kappa shape index (κ2) is 8.50. The van der Waals surface area contributed by atoms with Crippen LogP contribution in [0.5, 0.6) is 5.75 Å². The zero-order valence-corrected chi connectivity index (χ0v) is 18.8. The fourth-order valence-electron chi connectivity index (χ4n) is 4.11. The van der Waals surface area contributed by atoms with Gasteiger partial charge in [-0.3, -0.25) is 0 Å². The van der Waals surface area contributed by atoms with E-state index in [-0.39, 0.29) is 17.5 Å². The molecule has 2 aromatic carbocycles. The van der Waals surface area contributed by atoms with Gasteiger partial charge in [0, 0.05) is 30.7 Å². The highest BCUT2D eigenvalue weighted by Gasteiger charge is 2.32. The quantitative estimate of drug-likeness (QED) is 0.581. The summed E-state index contributed by atoms with van der Waals surface area (Å²) in [5.41, 5.74) is 4.39. The third-order valence-electron chi connectivity index (χ3n) is 5.81. The standard InChI is InChI=1S/C26H31N3O2/c1-5-31-22-14-12-21(13-15-22)27-25(30)29-18-17-28-16-6-7-23(28)24(29)19-8-10-20(11-9-19)26(2,3)4/h6-16,24H,5,17-18H2,1-4H3,(H,27,30). The monoisotopic (exact) mass is 417 g/mol. The molecule has 5 heteroatoms. The van der Waals surface area contributed by atoms with Crippen molar-refractivity contribution in [2.75, 3.05) is 18.5 Å². The molecule has 162 valence electrons. The molecule has 1 N–H and O–H groups in total. The molecule has 1 aromatic heterocycles. The molecule has 1 unspecified atom stereocenters. The number of hydrogen-bond acceptors (Lipinski definition) is 2. The summed E-state index contributed by atoms with van der Waals surface area (Å²) in [4.78, 5) is 15.2. The van der Waals surface area contributed by atoms with E-state index in [1.807, 2.05) is 36.1 Å². The lowest BCUT2D eigenvalue weighted by Gasteiger charge is -2.37. The average Bonchev–Trinajstić information content (AvgIpc) is 3.23. The zero-order valence-electron chi connectivity index (χ0n) is 18.8. The first-order valence-corrected chi connectivity index (χ1v) is 10.9. The van der Waals surface area contributed by atoms with Gasteiger partial charge in [-0.15, -0.1) is 0 Å². The predicted octanol–water partition coefficient (Wildman–Crippen LogP) is 5.82. The maximum absolute atomic E-state index is 13.3. The van der Waals surface area contributed by atoms with Gasteiger partial charge in [0.25, 0.3) is 0 Å². The molecule has 0 saturated heterocycles. The number of fused-ring (bicyclic) bond motifs is 1. The van der Waals surface area contributed by atoms with Crippen LogP contribution in [0.15, 0.2) is 66.9 Å².